The number of rotatable bonds is 3. The van der Waals surface area contributed by atoms with Crippen molar-refractivity contribution in [3.05, 3.63) is 0 Å². The Hall–Kier alpha value is 0.0300. The molecule has 0 aromatic carbocycles. The predicted octanol–water partition coefficient (Wildman–Crippen LogP) is 1.63. The molecule has 2 atom stereocenters. The van der Waals surface area contributed by atoms with Gasteiger partial charge in [-0.3, -0.25) is 23.4 Å². The number of phosphoric ester groups is 1. The highest BCUT2D eigenvalue weighted by Crippen LogP contribution is 2.46. The van der Waals surface area contributed by atoms with E-state index in [2.05, 4.69) is 51.3 Å². The summed E-state index contributed by atoms with van der Waals surface area (Å²) < 4.78 is 23.7. The van der Waals surface area contributed by atoms with Crippen molar-refractivity contribution in [2.24, 2.45) is 0 Å². The highest BCUT2D eigenvalue weighted by molar-refractivity contribution is 7.48. The Morgan fingerprint density at radius 2 is 1.47 bits per heavy atom. The average molecular weight is 268 g/mol. The standard InChI is InChI=1S/C7H16N2.C3H9O4P/c1-6-5-8(3)7(2)9(6)4;1-5-8(4,6-2)7-3/h6-7H,5H2,1-4H3;1-3H3. The molecule has 17 heavy (non-hydrogen) atoms. The molecule has 0 amide bonds. The van der Waals surface area contributed by atoms with Crippen molar-refractivity contribution in [3.8, 4) is 0 Å². The van der Waals surface area contributed by atoms with Crippen LogP contribution in [0, 0.1) is 0 Å². The van der Waals surface area contributed by atoms with Crippen LogP contribution in [0.3, 0.4) is 0 Å². The summed E-state index contributed by atoms with van der Waals surface area (Å²) in [6.07, 6.45) is 0.625. The normalized spacial score (nSPS) is 26.8. The van der Waals surface area contributed by atoms with Crippen LogP contribution in [0.15, 0.2) is 0 Å². The summed E-state index contributed by atoms with van der Waals surface area (Å²) in [4.78, 5) is 4.75. The number of phosphoric acid groups is 1. The van der Waals surface area contributed by atoms with E-state index in [1.54, 1.807) is 0 Å². The Morgan fingerprint density at radius 1 is 1.06 bits per heavy atom. The van der Waals surface area contributed by atoms with Crippen LogP contribution in [0.1, 0.15) is 13.8 Å². The number of nitrogens with zero attached hydrogens (tertiary/aromatic N) is 2. The number of hydrogen-bond acceptors (Lipinski definition) is 6. The zero-order chi connectivity index (χ0) is 13.6. The van der Waals surface area contributed by atoms with Crippen molar-refractivity contribution < 1.29 is 18.1 Å². The average Bonchev–Trinajstić information content (AvgIpc) is 2.56. The van der Waals surface area contributed by atoms with Gasteiger partial charge in [-0.25, -0.2) is 4.57 Å². The summed E-state index contributed by atoms with van der Waals surface area (Å²) in [5.41, 5.74) is 0. The van der Waals surface area contributed by atoms with Gasteiger partial charge in [-0.2, -0.15) is 0 Å². The van der Waals surface area contributed by atoms with Crippen molar-refractivity contribution in [3.63, 3.8) is 0 Å². The van der Waals surface area contributed by atoms with Gasteiger partial charge in [0.2, 0.25) is 0 Å². The fourth-order valence-electron chi connectivity index (χ4n) is 1.60. The van der Waals surface area contributed by atoms with E-state index in [0.29, 0.717) is 6.17 Å². The second-order valence-corrected chi connectivity index (χ2v) is 6.07. The molecule has 0 aliphatic carbocycles. The fraction of sp³-hybridized carbons (Fsp3) is 1.00. The third-order valence-electron chi connectivity index (χ3n) is 3.15. The van der Waals surface area contributed by atoms with Gasteiger partial charge in [0.25, 0.3) is 0 Å². The molecule has 6 nitrogen and oxygen atoms in total. The smallest absolute Gasteiger partial charge is 0.290 e. The lowest BCUT2D eigenvalue weighted by Crippen LogP contribution is -2.32. The molecule has 2 unspecified atom stereocenters. The summed E-state index contributed by atoms with van der Waals surface area (Å²) in [5.74, 6) is 0. The van der Waals surface area contributed by atoms with Gasteiger partial charge in [-0.1, -0.05) is 0 Å². The highest BCUT2D eigenvalue weighted by atomic mass is 31.2. The van der Waals surface area contributed by atoms with Crippen LogP contribution in [0.2, 0.25) is 0 Å². The van der Waals surface area contributed by atoms with Gasteiger partial charge in [0, 0.05) is 33.9 Å². The number of hydrogen-bond donors (Lipinski definition) is 0. The maximum atomic E-state index is 10.7. The van der Waals surface area contributed by atoms with E-state index in [9.17, 15) is 4.57 Å². The maximum absolute atomic E-state index is 10.7. The molecule has 104 valence electrons. The molecule has 0 N–H and O–H groups in total. The molecule has 1 saturated heterocycles. The first-order valence-electron chi connectivity index (χ1n) is 5.50. The Balaban J connectivity index is 0.000000304. The molecular formula is C10H25N2O4P. The van der Waals surface area contributed by atoms with E-state index in [-0.39, 0.29) is 0 Å². The number of likely N-dealkylation sites (N-methyl/N-ethyl adjacent to an activating group) is 2. The van der Waals surface area contributed by atoms with Gasteiger partial charge in [-0.15, -0.1) is 0 Å². The van der Waals surface area contributed by atoms with Crippen LogP contribution in [0.25, 0.3) is 0 Å². The first-order chi connectivity index (χ1) is 7.81. The Morgan fingerprint density at radius 3 is 1.53 bits per heavy atom. The monoisotopic (exact) mass is 268 g/mol. The largest absolute Gasteiger partial charge is 0.473 e. The molecule has 1 heterocycles. The minimum Gasteiger partial charge on any atom is -0.290 e. The SMILES string of the molecule is CC1CN(C)C(C)N1C.COP(=O)(OC)OC. The van der Waals surface area contributed by atoms with Gasteiger partial charge < -0.3 is 0 Å². The maximum Gasteiger partial charge on any atom is 0.473 e. The van der Waals surface area contributed by atoms with Gasteiger partial charge in [0.15, 0.2) is 0 Å². The van der Waals surface area contributed by atoms with Gasteiger partial charge >= 0.3 is 7.82 Å². The summed E-state index contributed by atoms with van der Waals surface area (Å²) in [5, 5.41) is 0. The Bertz CT molecular complexity index is 234. The minimum absolute atomic E-state index is 0.625. The van der Waals surface area contributed by atoms with Gasteiger partial charge in [0.05, 0.1) is 6.17 Å². The van der Waals surface area contributed by atoms with Crippen LogP contribution in [0.4, 0.5) is 0 Å². The van der Waals surface area contributed by atoms with E-state index < -0.39 is 7.82 Å². The second-order valence-electron chi connectivity index (χ2n) is 4.08. The molecule has 0 spiro atoms. The first-order valence-corrected chi connectivity index (χ1v) is 6.96. The Labute approximate surface area is 104 Å². The third-order valence-corrected chi connectivity index (χ3v) is 4.49. The molecule has 1 fully saturated rings. The van der Waals surface area contributed by atoms with E-state index in [1.807, 2.05) is 0 Å². The summed E-state index contributed by atoms with van der Waals surface area (Å²) in [6.45, 7) is 5.71. The predicted molar refractivity (Wildman–Crippen MR) is 68.0 cm³/mol. The molecule has 0 aromatic rings. The van der Waals surface area contributed by atoms with Crippen molar-refractivity contribution >= 4 is 7.82 Å². The van der Waals surface area contributed by atoms with Crippen LogP contribution in [0.5, 0.6) is 0 Å². The van der Waals surface area contributed by atoms with Crippen LogP contribution in [-0.2, 0) is 18.1 Å². The van der Waals surface area contributed by atoms with Crippen molar-refractivity contribution in [1.29, 1.82) is 0 Å². The van der Waals surface area contributed by atoms with Crippen LogP contribution in [-0.4, -0.2) is 64.0 Å². The van der Waals surface area contributed by atoms with Crippen molar-refractivity contribution in [1.82, 2.24) is 9.80 Å². The zero-order valence-electron chi connectivity index (χ0n) is 11.8. The van der Waals surface area contributed by atoms with E-state index in [1.165, 1.54) is 27.9 Å². The fourth-order valence-corrected chi connectivity index (χ4v) is 2.05. The summed E-state index contributed by atoms with van der Waals surface area (Å²) >= 11 is 0. The van der Waals surface area contributed by atoms with Gasteiger partial charge in [-0.05, 0) is 27.9 Å². The van der Waals surface area contributed by atoms with Crippen molar-refractivity contribution in [2.75, 3.05) is 42.0 Å². The first kappa shape index (κ1) is 17.0. The van der Waals surface area contributed by atoms with E-state index >= 15 is 0 Å². The quantitative estimate of drug-likeness (QED) is 0.725. The third kappa shape index (κ3) is 5.04. The molecule has 0 radical (unpaired) electrons. The molecule has 7 heteroatoms. The zero-order valence-corrected chi connectivity index (χ0v) is 12.7. The molecule has 1 aliphatic heterocycles. The van der Waals surface area contributed by atoms with E-state index in [0.717, 1.165) is 6.04 Å². The molecule has 1 rings (SSSR count). The van der Waals surface area contributed by atoms with Crippen LogP contribution < -0.4 is 0 Å². The lowest BCUT2D eigenvalue weighted by atomic mass is 10.3. The van der Waals surface area contributed by atoms with Crippen molar-refractivity contribution in [2.45, 2.75) is 26.1 Å². The molecular weight excluding hydrogens is 243 g/mol. The second kappa shape index (κ2) is 7.46. The molecule has 0 aromatic heterocycles. The van der Waals surface area contributed by atoms with Gasteiger partial charge in [0.1, 0.15) is 0 Å². The molecule has 0 bridgehead atoms. The lowest BCUT2D eigenvalue weighted by molar-refractivity contribution is 0.178. The van der Waals surface area contributed by atoms with Crippen LogP contribution >= 0.6 is 7.82 Å². The summed E-state index contributed by atoms with van der Waals surface area (Å²) in [7, 11) is 4.96. The summed E-state index contributed by atoms with van der Waals surface area (Å²) in [6, 6.07) is 0.727. The van der Waals surface area contributed by atoms with E-state index in [4.69, 9.17) is 0 Å². The topological polar surface area (TPSA) is 51.2 Å². The Kier molecular flexibility index (Phi) is 7.47. The molecule has 1 aliphatic rings. The molecule has 0 saturated carbocycles. The minimum atomic E-state index is -3.16. The lowest BCUT2D eigenvalue weighted by Gasteiger charge is -2.21. The highest BCUT2D eigenvalue weighted by Gasteiger charge is 2.27.